The van der Waals surface area contributed by atoms with Crippen molar-refractivity contribution in [1.82, 2.24) is 15.5 Å². The van der Waals surface area contributed by atoms with Gasteiger partial charge in [0.1, 0.15) is 0 Å². The van der Waals surface area contributed by atoms with Gasteiger partial charge in [0, 0.05) is 38.6 Å². The number of rotatable bonds is 5. The molecule has 1 fully saturated rings. The highest BCUT2D eigenvalue weighted by Gasteiger charge is 2.25. The fourth-order valence-electron chi connectivity index (χ4n) is 2.07. The van der Waals surface area contributed by atoms with Crippen molar-refractivity contribution in [2.45, 2.75) is 46.1 Å². The van der Waals surface area contributed by atoms with Crippen LogP contribution in [-0.2, 0) is 4.79 Å². The maximum absolute atomic E-state index is 11.6. The summed E-state index contributed by atoms with van der Waals surface area (Å²) in [6.07, 6.45) is 2.64. The van der Waals surface area contributed by atoms with Gasteiger partial charge >= 0.3 is 0 Å². The molecule has 0 aliphatic carbocycles. The molecule has 0 aromatic carbocycles. The van der Waals surface area contributed by atoms with Crippen LogP contribution in [0.25, 0.3) is 0 Å². The average molecular weight is 382 g/mol. The Bertz CT molecular complexity index is 296. The van der Waals surface area contributed by atoms with Crippen LogP contribution in [0.1, 0.15) is 40.0 Å². The molecular weight excluding hydrogens is 355 g/mol. The lowest BCUT2D eigenvalue weighted by atomic mass is 10.3. The number of nitrogens with one attached hydrogen (secondary N) is 2. The number of hydrogen-bond acceptors (Lipinski definition) is 2. The van der Waals surface area contributed by atoms with Gasteiger partial charge in [-0.1, -0.05) is 13.8 Å². The largest absolute Gasteiger partial charge is 0.357 e. The van der Waals surface area contributed by atoms with E-state index >= 15 is 0 Å². The van der Waals surface area contributed by atoms with Crippen LogP contribution in [0.2, 0.25) is 0 Å². The molecule has 0 aromatic heterocycles. The van der Waals surface area contributed by atoms with Crippen molar-refractivity contribution in [3.63, 3.8) is 0 Å². The molecule has 0 spiro atoms. The Morgan fingerprint density at radius 3 is 2.68 bits per heavy atom. The van der Waals surface area contributed by atoms with Gasteiger partial charge in [-0.25, -0.2) is 0 Å². The minimum Gasteiger partial charge on any atom is -0.357 e. The number of nitrogens with zero attached hydrogens (tertiary/aromatic N) is 2. The van der Waals surface area contributed by atoms with E-state index in [1.54, 1.807) is 0 Å². The first-order valence-corrected chi connectivity index (χ1v) is 7.03. The van der Waals surface area contributed by atoms with Crippen molar-refractivity contribution < 1.29 is 4.79 Å². The molecule has 0 radical (unpaired) electrons. The van der Waals surface area contributed by atoms with Crippen LogP contribution < -0.4 is 10.6 Å². The van der Waals surface area contributed by atoms with E-state index < -0.39 is 0 Å². The molecule has 0 bridgehead atoms. The molecule has 0 aromatic rings. The van der Waals surface area contributed by atoms with Crippen molar-refractivity contribution in [3.8, 4) is 0 Å². The van der Waals surface area contributed by atoms with Crippen molar-refractivity contribution in [2.24, 2.45) is 4.99 Å². The summed E-state index contributed by atoms with van der Waals surface area (Å²) in [6.45, 7) is 9.44. The summed E-state index contributed by atoms with van der Waals surface area (Å²) in [5, 5.41) is 6.64. The van der Waals surface area contributed by atoms with Gasteiger partial charge in [0.05, 0.1) is 0 Å². The standard InChI is InChI=1S/C13H26N4O.HI/c1-4-8-15-13(14-6-3)16-11-7-9-17(10-11)12(18)5-2;/h11H,4-10H2,1-3H3,(H2,14,15,16);1H. The lowest BCUT2D eigenvalue weighted by Gasteiger charge is -2.18. The molecule has 1 unspecified atom stereocenters. The number of carbonyl (C=O) groups is 1. The highest BCUT2D eigenvalue weighted by atomic mass is 127. The SMILES string of the molecule is CCCN=C(NCC)NC1CCN(C(=O)CC)C1.I. The van der Waals surface area contributed by atoms with Crippen molar-refractivity contribution in [2.75, 3.05) is 26.2 Å². The molecule has 112 valence electrons. The van der Waals surface area contributed by atoms with Crippen molar-refractivity contribution >= 4 is 35.8 Å². The Hall–Kier alpha value is -0.530. The molecule has 1 aliphatic heterocycles. The van der Waals surface area contributed by atoms with E-state index in [1.165, 1.54) is 0 Å². The second kappa shape index (κ2) is 10.3. The molecule has 1 amide bonds. The number of amides is 1. The number of carbonyl (C=O) groups excluding carboxylic acids is 1. The van der Waals surface area contributed by atoms with Crippen LogP contribution in [0.15, 0.2) is 4.99 Å². The van der Waals surface area contributed by atoms with E-state index in [0.29, 0.717) is 12.5 Å². The Morgan fingerprint density at radius 2 is 2.11 bits per heavy atom. The van der Waals surface area contributed by atoms with Crippen LogP contribution in [0, 0.1) is 0 Å². The Morgan fingerprint density at radius 1 is 1.37 bits per heavy atom. The molecule has 1 heterocycles. The summed E-state index contributed by atoms with van der Waals surface area (Å²) in [6, 6.07) is 0.329. The first-order valence-electron chi connectivity index (χ1n) is 7.03. The third-order valence-corrected chi connectivity index (χ3v) is 3.02. The van der Waals surface area contributed by atoms with Crippen LogP contribution in [0.3, 0.4) is 0 Å². The third kappa shape index (κ3) is 6.44. The minimum atomic E-state index is 0. The quantitative estimate of drug-likeness (QED) is 0.431. The zero-order valence-electron chi connectivity index (χ0n) is 12.2. The molecule has 0 saturated carbocycles. The first kappa shape index (κ1) is 18.5. The van der Waals surface area contributed by atoms with Gasteiger partial charge in [-0.15, -0.1) is 24.0 Å². The molecule has 6 heteroatoms. The highest BCUT2D eigenvalue weighted by molar-refractivity contribution is 14.0. The smallest absolute Gasteiger partial charge is 0.222 e. The number of guanidine groups is 1. The second-order valence-electron chi connectivity index (χ2n) is 4.58. The molecule has 1 atom stereocenters. The maximum Gasteiger partial charge on any atom is 0.222 e. The van der Waals surface area contributed by atoms with Crippen molar-refractivity contribution in [3.05, 3.63) is 0 Å². The number of halogens is 1. The Labute approximate surface area is 133 Å². The molecule has 1 saturated heterocycles. The lowest BCUT2D eigenvalue weighted by Crippen LogP contribution is -2.45. The van der Waals surface area contributed by atoms with Gasteiger partial charge in [-0.05, 0) is 19.8 Å². The molecule has 19 heavy (non-hydrogen) atoms. The van der Waals surface area contributed by atoms with E-state index in [0.717, 1.165) is 45.0 Å². The normalized spacial score (nSPS) is 19.0. The Kier molecular flexibility index (Phi) is 9.99. The van der Waals surface area contributed by atoms with E-state index in [9.17, 15) is 4.79 Å². The van der Waals surface area contributed by atoms with Gasteiger partial charge < -0.3 is 15.5 Å². The monoisotopic (exact) mass is 382 g/mol. The molecule has 1 rings (SSSR count). The predicted molar refractivity (Wildman–Crippen MR) is 90.1 cm³/mol. The summed E-state index contributed by atoms with van der Waals surface area (Å²) >= 11 is 0. The van der Waals surface area contributed by atoms with E-state index in [1.807, 2.05) is 11.8 Å². The van der Waals surface area contributed by atoms with Crippen LogP contribution in [0.5, 0.6) is 0 Å². The summed E-state index contributed by atoms with van der Waals surface area (Å²) in [7, 11) is 0. The number of aliphatic imine (C=N–C) groups is 1. The molecular formula is C13H27IN4O. The van der Waals surface area contributed by atoms with Crippen LogP contribution in [-0.4, -0.2) is 49.0 Å². The van der Waals surface area contributed by atoms with E-state index in [2.05, 4.69) is 29.5 Å². The fourth-order valence-corrected chi connectivity index (χ4v) is 2.07. The summed E-state index contributed by atoms with van der Waals surface area (Å²) < 4.78 is 0. The van der Waals surface area contributed by atoms with E-state index in [-0.39, 0.29) is 29.9 Å². The predicted octanol–water partition coefficient (Wildman–Crippen LogP) is 1.58. The van der Waals surface area contributed by atoms with Gasteiger partial charge in [0.25, 0.3) is 0 Å². The van der Waals surface area contributed by atoms with Gasteiger partial charge in [-0.2, -0.15) is 0 Å². The zero-order chi connectivity index (χ0) is 13.4. The van der Waals surface area contributed by atoms with Crippen LogP contribution >= 0.6 is 24.0 Å². The van der Waals surface area contributed by atoms with Gasteiger partial charge in [0.2, 0.25) is 5.91 Å². The highest BCUT2D eigenvalue weighted by Crippen LogP contribution is 2.10. The van der Waals surface area contributed by atoms with Crippen molar-refractivity contribution in [1.29, 1.82) is 0 Å². The molecule has 2 N–H and O–H groups in total. The van der Waals surface area contributed by atoms with Gasteiger partial charge in [-0.3, -0.25) is 9.79 Å². The second-order valence-corrected chi connectivity index (χ2v) is 4.58. The number of likely N-dealkylation sites (tertiary alicyclic amines) is 1. The lowest BCUT2D eigenvalue weighted by molar-refractivity contribution is -0.129. The fraction of sp³-hybridized carbons (Fsp3) is 0.846. The first-order chi connectivity index (χ1) is 8.71. The molecule has 1 aliphatic rings. The third-order valence-electron chi connectivity index (χ3n) is 3.02. The van der Waals surface area contributed by atoms with E-state index in [4.69, 9.17) is 0 Å². The minimum absolute atomic E-state index is 0. The molecule has 5 nitrogen and oxygen atoms in total. The average Bonchev–Trinajstić information content (AvgIpc) is 2.83. The Balaban J connectivity index is 0.00000324. The number of hydrogen-bond donors (Lipinski definition) is 2. The zero-order valence-corrected chi connectivity index (χ0v) is 14.6. The van der Waals surface area contributed by atoms with Gasteiger partial charge in [0.15, 0.2) is 5.96 Å². The summed E-state index contributed by atoms with van der Waals surface area (Å²) in [4.78, 5) is 18.0. The van der Waals surface area contributed by atoms with Crippen LogP contribution in [0.4, 0.5) is 0 Å². The topological polar surface area (TPSA) is 56.7 Å². The summed E-state index contributed by atoms with van der Waals surface area (Å²) in [5.74, 6) is 1.12. The maximum atomic E-state index is 11.6. The summed E-state index contributed by atoms with van der Waals surface area (Å²) in [5.41, 5.74) is 0.